The highest BCUT2D eigenvalue weighted by molar-refractivity contribution is 9.10. The summed E-state index contributed by atoms with van der Waals surface area (Å²) in [7, 11) is 3.25. The molecule has 0 aliphatic rings. The number of nitrogens with zero attached hydrogens (tertiary/aromatic N) is 2. The number of H-pyrrole nitrogens is 1. The zero-order valence-electron chi connectivity index (χ0n) is 10.9. The normalized spacial score (nSPS) is 10.5. The number of aryl methyl sites for hydroxylation is 1. The van der Waals surface area contributed by atoms with Crippen molar-refractivity contribution in [3.05, 3.63) is 28.0 Å². The van der Waals surface area contributed by atoms with Crippen LogP contribution in [0.4, 0.5) is 0 Å². The average molecular weight is 344 g/mol. The molecule has 2 aromatic rings. The first kappa shape index (κ1) is 14.2. The van der Waals surface area contributed by atoms with E-state index < -0.39 is 0 Å². The zero-order chi connectivity index (χ0) is 13.8. The smallest absolute Gasteiger partial charge is 0.208 e. The van der Waals surface area contributed by atoms with Crippen molar-refractivity contribution >= 4 is 27.7 Å². The first-order chi connectivity index (χ1) is 9.13. The van der Waals surface area contributed by atoms with Gasteiger partial charge in [0.15, 0.2) is 11.5 Å². The van der Waals surface area contributed by atoms with E-state index in [1.807, 2.05) is 19.1 Å². The number of aromatic nitrogens is 3. The van der Waals surface area contributed by atoms with Crippen LogP contribution >= 0.6 is 27.7 Å². The number of ether oxygens (including phenoxy) is 2. The van der Waals surface area contributed by atoms with Crippen molar-refractivity contribution in [3.63, 3.8) is 0 Å². The summed E-state index contributed by atoms with van der Waals surface area (Å²) in [5, 5.41) is 7.65. The number of benzene rings is 1. The molecule has 0 spiro atoms. The number of rotatable bonds is 5. The average Bonchev–Trinajstić information content (AvgIpc) is 2.82. The van der Waals surface area contributed by atoms with Gasteiger partial charge in [0.1, 0.15) is 5.82 Å². The van der Waals surface area contributed by atoms with Gasteiger partial charge in [-0.2, -0.15) is 0 Å². The van der Waals surface area contributed by atoms with Crippen molar-refractivity contribution in [2.24, 2.45) is 0 Å². The molecule has 2 rings (SSSR count). The minimum absolute atomic E-state index is 0.705. The second-order valence-electron chi connectivity index (χ2n) is 3.79. The molecule has 1 aromatic carbocycles. The van der Waals surface area contributed by atoms with Crippen molar-refractivity contribution in [1.82, 2.24) is 15.2 Å². The van der Waals surface area contributed by atoms with Gasteiger partial charge in [-0.25, -0.2) is 4.98 Å². The molecule has 0 aliphatic heterocycles. The van der Waals surface area contributed by atoms with Crippen LogP contribution in [0.1, 0.15) is 11.4 Å². The molecule has 0 atom stereocenters. The second-order valence-corrected chi connectivity index (χ2v) is 5.59. The quantitative estimate of drug-likeness (QED) is 0.844. The molecule has 1 aromatic heterocycles. The second kappa shape index (κ2) is 6.29. The topological polar surface area (TPSA) is 60.0 Å². The van der Waals surface area contributed by atoms with E-state index in [4.69, 9.17) is 9.47 Å². The van der Waals surface area contributed by atoms with Gasteiger partial charge in [-0.3, -0.25) is 5.10 Å². The molecule has 1 N–H and O–H groups in total. The summed E-state index contributed by atoms with van der Waals surface area (Å²) in [6, 6.07) is 3.85. The summed E-state index contributed by atoms with van der Waals surface area (Å²) in [4.78, 5) is 4.26. The first-order valence-corrected chi connectivity index (χ1v) is 7.34. The number of hydrogen-bond donors (Lipinski definition) is 1. The van der Waals surface area contributed by atoms with Gasteiger partial charge in [-0.05, 0) is 24.6 Å². The maximum absolute atomic E-state index is 5.30. The van der Waals surface area contributed by atoms with Crippen molar-refractivity contribution < 1.29 is 9.47 Å². The third kappa shape index (κ3) is 3.42. The molecule has 0 bridgehead atoms. The molecule has 7 heteroatoms. The van der Waals surface area contributed by atoms with Crippen molar-refractivity contribution in [2.75, 3.05) is 14.2 Å². The molecule has 0 radical (unpaired) electrons. The summed E-state index contributed by atoms with van der Waals surface area (Å²) in [5.41, 5.74) is 1.10. The van der Waals surface area contributed by atoms with Crippen LogP contribution in [-0.4, -0.2) is 29.4 Å². The van der Waals surface area contributed by atoms with E-state index in [9.17, 15) is 0 Å². The molecule has 1 heterocycles. The van der Waals surface area contributed by atoms with Gasteiger partial charge in [0.2, 0.25) is 5.16 Å². The highest BCUT2D eigenvalue weighted by atomic mass is 79.9. The molecule has 0 amide bonds. The Kier molecular flexibility index (Phi) is 4.71. The fraction of sp³-hybridized carbons (Fsp3) is 0.333. The molecule has 0 saturated heterocycles. The van der Waals surface area contributed by atoms with E-state index in [0.717, 1.165) is 26.8 Å². The standard InChI is InChI=1S/C12H14BrN3O2S/c1-7-14-12(16-15-7)19-6-8-4-10(17-2)11(18-3)5-9(8)13/h4-5H,6H2,1-3H3,(H,14,15,16). The van der Waals surface area contributed by atoms with Crippen LogP contribution in [0.5, 0.6) is 11.5 Å². The number of halogens is 1. The predicted octanol–water partition coefficient (Wildman–Crippen LogP) is 3.19. The Morgan fingerprint density at radius 2 is 1.95 bits per heavy atom. The maximum Gasteiger partial charge on any atom is 0.208 e. The molecule has 0 saturated carbocycles. The van der Waals surface area contributed by atoms with Crippen LogP contribution in [0, 0.1) is 6.92 Å². The van der Waals surface area contributed by atoms with E-state index in [2.05, 4.69) is 31.1 Å². The van der Waals surface area contributed by atoms with E-state index in [1.54, 1.807) is 26.0 Å². The summed E-state index contributed by atoms with van der Waals surface area (Å²) in [6.07, 6.45) is 0. The van der Waals surface area contributed by atoms with E-state index in [-0.39, 0.29) is 0 Å². The zero-order valence-corrected chi connectivity index (χ0v) is 13.3. The molecule has 0 unspecified atom stereocenters. The van der Waals surface area contributed by atoms with Crippen LogP contribution in [0.3, 0.4) is 0 Å². The summed E-state index contributed by atoms with van der Waals surface area (Å²) in [5.74, 6) is 2.98. The van der Waals surface area contributed by atoms with Gasteiger partial charge in [-0.15, -0.1) is 5.10 Å². The fourth-order valence-corrected chi connectivity index (χ4v) is 3.02. The van der Waals surface area contributed by atoms with Crippen LogP contribution < -0.4 is 9.47 Å². The lowest BCUT2D eigenvalue weighted by molar-refractivity contribution is 0.354. The third-order valence-corrected chi connectivity index (χ3v) is 4.12. The van der Waals surface area contributed by atoms with Gasteiger partial charge in [0.05, 0.1) is 14.2 Å². The monoisotopic (exact) mass is 343 g/mol. The van der Waals surface area contributed by atoms with Crippen molar-refractivity contribution in [2.45, 2.75) is 17.8 Å². The summed E-state index contributed by atoms with van der Waals surface area (Å²) in [6.45, 7) is 1.88. The lowest BCUT2D eigenvalue weighted by atomic mass is 10.2. The number of nitrogens with one attached hydrogen (secondary N) is 1. The van der Waals surface area contributed by atoms with Crippen LogP contribution in [0.15, 0.2) is 21.8 Å². The number of methoxy groups -OCH3 is 2. The Morgan fingerprint density at radius 3 is 2.53 bits per heavy atom. The van der Waals surface area contributed by atoms with E-state index in [1.165, 1.54) is 0 Å². The van der Waals surface area contributed by atoms with Gasteiger partial charge >= 0.3 is 0 Å². The number of aromatic amines is 1. The van der Waals surface area contributed by atoms with Crippen LogP contribution in [-0.2, 0) is 5.75 Å². The Labute approximate surface area is 124 Å². The van der Waals surface area contributed by atoms with Crippen molar-refractivity contribution in [1.29, 1.82) is 0 Å². The minimum atomic E-state index is 0.705. The lowest BCUT2D eigenvalue weighted by Gasteiger charge is -2.11. The maximum atomic E-state index is 5.30. The molecular weight excluding hydrogens is 330 g/mol. The predicted molar refractivity (Wildman–Crippen MR) is 77.9 cm³/mol. The molecule has 0 aliphatic carbocycles. The molecule has 5 nitrogen and oxygen atoms in total. The highest BCUT2D eigenvalue weighted by Crippen LogP contribution is 2.35. The number of hydrogen-bond acceptors (Lipinski definition) is 5. The largest absolute Gasteiger partial charge is 0.493 e. The summed E-state index contributed by atoms with van der Waals surface area (Å²) >= 11 is 5.09. The Bertz CT molecular complexity index is 574. The minimum Gasteiger partial charge on any atom is -0.493 e. The highest BCUT2D eigenvalue weighted by Gasteiger charge is 2.11. The SMILES string of the molecule is COc1cc(Br)c(CSc2n[nH]c(C)n2)cc1OC. The molecule has 0 fully saturated rings. The lowest BCUT2D eigenvalue weighted by Crippen LogP contribution is -1.93. The Hall–Kier alpha value is -1.21. The molecule has 102 valence electrons. The van der Waals surface area contributed by atoms with Crippen molar-refractivity contribution in [3.8, 4) is 11.5 Å². The third-order valence-electron chi connectivity index (χ3n) is 2.49. The summed E-state index contributed by atoms with van der Waals surface area (Å²) < 4.78 is 11.5. The molecule has 19 heavy (non-hydrogen) atoms. The Morgan fingerprint density at radius 1 is 1.26 bits per heavy atom. The van der Waals surface area contributed by atoms with Crippen LogP contribution in [0.2, 0.25) is 0 Å². The first-order valence-electron chi connectivity index (χ1n) is 5.56. The van der Waals surface area contributed by atoms with E-state index >= 15 is 0 Å². The van der Waals surface area contributed by atoms with Crippen LogP contribution in [0.25, 0.3) is 0 Å². The van der Waals surface area contributed by atoms with E-state index in [0.29, 0.717) is 11.5 Å². The van der Waals surface area contributed by atoms with Gasteiger partial charge in [-0.1, -0.05) is 27.7 Å². The Balaban J connectivity index is 2.15. The molecular formula is C12H14BrN3O2S. The van der Waals surface area contributed by atoms with Gasteiger partial charge in [0, 0.05) is 10.2 Å². The van der Waals surface area contributed by atoms with Gasteiger partial charge in [0.25, 0.3) is 0 Å². The van der Waals surface area contributed by atoms with Gasteiger partial charge < -0.3 is 9.47 Å². The fourth-order valence-electron chi connectivity index (χ4n) is 1.54. The number of thioether (sulfide) groups is 1.